The number of anilines is 2. The summed E-state index contributed by atoms with van der Waals surface area (Å²) in [4.78, 5) is 54.4. The molecule has 0 unspecified atom stereocenters. The van der Waals surface area contributed by atoms with E-state index in [4.69, 9.17) is 4.74 Å². The fourth-order valence-electron chi connectivity index (χ4n) is 5.58. The van der Waals surface area contributed by atoms with E-state index in [9.17, 15) is 24.5 Å². The Morgan fingerprint density at radius 1 is 1.18 bits per heavy atom. The van der Waals surface area contributed by atoms with Crippen LogP contribution in [0.25, 0.3) is 0 Å². The van der Waals surface area contributed by atoms with Gasteiger partial charge in [0.15, 0.2) is 0 Å². The Bertz CT molecular complexity index is 1320. The van der Waals surface area contributed by atoms with Gasteiger partial charge in [-0.3, -0.25) is 24.5 Å². The lowest BCUT2D eigenvalue weighted by molar-refractivity contribution is -0.384. The maximum atomic E-state index is 13.6. The molecule has 3 heterocycles. The molecule has 3 aliphatic rings. The summed E-state index contributed by atoms with van der Waals surface area (Å²) in [5, 5.41) is 18.1. The van der Waals surface area contributed by atoms with Crippen molar-refractivity contribution in [1.82, 2.24) is 9.80 Å². The van der Waals surface area contributed by atoms with Crippen molar-refractivity contribution in [3.05, 3.63) is 62.1 Å². The number of nitrogens with one attached hydrogen (secondary N) is 2. The van der Waals surface area contributed by atoms with Gasteiger partial charge in [0.25, 0.3) is 11.6 Å². The minimum atomic E-state index is -0.587. The molecule has 12 heteroatoms. The summed E-state index contributed by atoms with van der Waals surface area (Å²) in [6, 6.07) is 9.96. The van der Waals surface area contributed by atoms with Gasteiger partial charge in [-0.15, -0.1) is 0 Å². The van der Waals surface area contributed by atoms with Crippen molar-refractivity contribution >= 4 is 50.7 Å². The average Bonchev–Trinajstić information content (AvgIpc) is 2.92. The molecule has 0 aromatic heterocycles. The number of morpholine rings is 1. The van der Waals surface area contributed by atoms with E-state index in [0.29, 0.717) is 55.8 Å². The Morgan fingerprint density at radius 3 is 2.74 bits per heavy atom. The lowest BCUT2D eigenvalue weighted by atomic mass is 9.88. The van der Waals surface area contributed by atoms with Gasteiger partial charge in [0.2, 0.25) is 11.8 Å². The van der Waals surface area contributed by atoms with Crippen LogP contribution < -0.4 is 10.6 Å². The summed E-state index contributed by atoms with van der Waals surface area (Å²) >= 11 is 3.32. The maximum absolute atomic E-state index is 13.6. The van der Waals surface area contributed by atoms with E-state index >= 15 is 0 Å². The number of benzene rings is 2. The molecular formula is C27H30BrN5O6. The molecule has 2 aromatic carbocycles. The number of likely N-dealkylation sites (tertiary alicyclic amines) is 1. The number of nitrogens with zero attached hydrogens (tertiary/aromatic N) is 3. The van der Waals surface area contributed by atoms with Crippen molar-refractivity contribution in [3.8, 4) is 0 Å². The molecule has 3 amide bonds. The number of fused-ring (bicyclic) bond motifs is 1. The number of amides is 3. The van der Waals surface area contributed by atoms with Gasteiger partial charge in [-0.25, -0.2) is 0 Å². The summed E-state index contributed by atoms with van der Waals surface area (Å²) in [6.07, 6.45) is 1.28. The number of piperidine rings is 1. The minimum Gasteiger partial charge on any atom is -0.375 e. The summed E-state index contributed by atoms with van der Waals surface area (Å²) in [5.74, 6) is -1.25. The highest BCUT2D eigenvalue weighted by Gasteiger charge is 2.36. The molecule has 0 spiro atoms. The van der Waals surface area contributed by atoms with E-state index in [1.54, 1.807) is 21.9 Å². The SMILES string of the molecule is C[C@H]1CN(C(=O)c2cc(Br)cc([N+](=O)[O-])c2N[C@@H]2CCCN(C(=O)[C@H]3CC(=O)Nc4ccccc43)C2)CCO1. The molecular weight excluding hydrogens is 570 g/mol. The third-order valence-electron chi connectivity index (χ3n) is 7.42. The Kier molecular flexibility index (Phi) is 7.85. The number of hydrogen-bond acceptors (Lipinski definition) is 7. The van der Waals surface area contributed by atoms with Gasteiger partial charge >= 0.3 is 0 Å². The molecule has 5 rings (SSSR count). The lowest BCUT2D eigenvalue weighted by Crippen LogP contribution is -2.48. The van der Waals surface area contributed by atoms with Gasteiger partial charge in [0, 0.05) is 54.9 Å². The molecule has 3 atom stereocenters. The first kappa shape index (κ1) is 27.1. The monoisotopic (exact) mass is 599 g/mol. The predicted octanol–water partition coefficient (Wildman–Crippen LogP) is 3.75. The second kappa shape index (κ2) is 11.3. The van der Waals surface area contributed by atoms with Crippen LogP contribution in [0.4, 0.5) is 17.1 Å². The van der Waals surface area contributed by atoms with E-state index < -0.39 is 10.8 Å². The smallest absolute Gasteiger partial charge is 0.294 e. The molecule has 11 nitrogen and oxygen atoms in total. The summed E-state index contributed by atoms with van der Waals surface area (Å²) in [5.41, 5.74) is 1.56. The number of nitro groups is 1. The fraction of sp³-hybridized carbons (Fsp3) is 0.444. The third-order valence-corrected chi connectivity index (χ3v) is 7.87. The standard InChI is InChI=1S/C27H30BrN5O6/c1-16-14-32(9-10-39-16)27(36)21-11-17(28)12-23(33(37)38)25(21)29-18-5-4-8-31(15-18)26(35)20-13-24(34)30-22-7-3-2-6-19(20)22/h2-3,6-7,11-12,16,18,20,29H,4-5,8-10,13-15H2,1H3,(H,30,34)/t16-,18+,20-/m0/s1. The summed E-state index contributed by atoms with van der Waals surface area (Å²) < 4.78 is 5.98. The van der Waals surface area contributed by atoms with Crippen molar-refractivity contribution in [3.63, 3.8) is 0 Å². The zero-order chi connectivity index (χ0) is 27.7. The zero-order valence-electron chi connectivity index (χ0n) is 21.5. The predicted molar refractivity (Wildman–Crippen MR) is 148 cm³/mol. The highest BCUT2D eigenvalue weighted by molar-refractivity contribution is 9.10. The van der Waals surface area contributed by atoms with Crippen LogP contribution in [0.5, 0.6) is 0 Å². The first-order valence-electron chi connectivity index (χ1n) is 13.0. The maximum Gasteiger partial charge on any atom is 0.294 e. The highest BCUT2D eigenvalue weighted by Crippen LogP contribution is 2.37. The van der Waals surface area contributed by atoms with E-state index in [2.05, 4.69) is 26.6 Å². The Hall–Kier alpha value is -3.51. The second-order valence-corrected chi connectivity index (χ2v) is 11.1. The molecule has 0 saturated carbocycles. The Labute approximate surface area is 234 Å². The fourth-order valence-corrected chi connectivity index (χ4v) is 6.03. The molecule has 2 saturated heterocycles. The van der Waals surface area contributed by atoms with Gasteiger partial charge in [-0.1, -0.05) is 34.1 Å². The number of halogens is 1. The molecule has 39 heavy (non-hydrogen) atoms. The van der Waals surface area contributed by atoms with E-state index in [0.717, 1.165) is 5.56 Å². The first-order valence-corrected chi connectivity index (χ1v) is 13.8. The largest absolute Gasteiger partial charge is 0.375 e. The van der Waals surface area contributed by atoms with E-state index in [1.165, 1.54) is 6.07 Å². The first-order chi connectivity index (χ1) is 18.7. The summed E-state index contributed by atoms with van der Waals surface area (Å²) in [7, 11) is 0. The van der Waals surface area contributed by atoms with Gasteiger partial charge in [-0.2, -0.15) is 0 Å². The topological polar surface area (TPSA) is 134 Å². The van der Waals surface area contributed by atoms with Crippen molar-refractivity contribution in [2.24, 2.45) is 0 Å². The average molecular weight is 600 g/mol. The number of nitro benzene ring substituents is 1. The Morgan fingerprint density at radius 2 is 1.97 bits per heavy atom. The van der Waals surface area contributed by atoms with Gasteiger partial charge in [0.1, 0.15) is 5.69 Å². The normalized spacial score (nSPS) is 23.0. The third kappa shape index (κ3) is 5.76. The van der Waals surface area contributed by atoms with Crippen LogP contribution in [0.3, 0.4) is 0 Å². The van der Waals surface area contributed by atoms with Crippen molar-refractivity contribution in [2.75, 3.05) is 43.4 Å². The quantitative estimate of drug-likeness (QED) is 0.395. The molecule has 2 N–H and O–H groups in total. The number of carbonyl (C=O) groups excluding carboxylic acids is 3. The lowest BCUT2D eigenvalue weighted by Gasteiger charge is -2.37. The second-order valence-electron chi connectivity index (χ2n) is 10.2. The van der Waals surface area contributed by atoms with Crippen LogP contribution in [0.15, 0.2) is 40.9 Å². The van der Waals surface area contributed by atoms with Gasteiger partial charge in [0.05, 0.1) is 29.1 Å². The van der Waals surface area contributed by atoms with Gasteiger partial charge in [-0.05, 0) is 37.5 Å². The molecule has 0 radical (unpaired) electrons. The summed E-state index contributed by atoms with van der Waals surface area (Å²) in [6.45, 7) is 3.88. The van der Waals surface area contributed by atoms with Crippen LogP contribution in [-0.2, 0) is 14.3 Å². The molecule has 2 fully saturated rings. The minimum absolute atomic E-state index is 0.0687. The molecule has 206 valence electrons. The van der Waals surface area contributed by atoms with Crippen molar-refractivity contribution in [1.29, 1.82) is 0 Å². The van der Waals surface area contributed by atoms with Crippen LogP contribution in [0.2, 0.25) is 0 Å². The molecule has 0 aliphatic carbocycles. The van der Waals surface area contributed by atoms with E-state index in [1.807, 2.05) is 25.1 Å². The number of carbonyl (C=O) groups is 3. The molecule has 3 aliphatic heterocycles. The number of para-hydroxylation sites is 1. The molecule has 2 aromatic rings. The van der Waals surface area contributed by atoms with Crippen LogP contribution in [0, 0.1) is 10.1 Å². The molecule has 0 bridgehead atoms. The van der Waals surface area contributed by atoms with Crippen LogP contribution >= 0.6 is 15.9 Å². The number of hydrogen-bond donors (Lipinski definition) is 2. The van der Waals surface area contributed by atoms with Crippen molar-refractivity contribution in [2.45, 2.75) is 44.2 Å². The van der Waals surface area contributed by atoms with E-state index in [-0.39, 0.29) is 53.2 Å². The van der Waals surface area contributed by atoms with Gasteiger partial charge < -0.3 is 25.2 Å². The van der Waals surface area contributed by atoms with Crippen LogP contribution in [0.1, 0.15) is 48.0 Å². The Balaban J connectivity index is 1.39. The van der Waals surface area contributed by atoms with Crippen molar-refractivity contribution < 1.29 is 24.0 Å². The highest BCUT2D eigenvalue weighted by atomic mass is 79.9. The number of rotatable bonds is 5. The number of ether oxygens (including phenoxy) is 1. The van der Waals surface area contributed by atoms with Crippen LogP contribution in [-0.4, -0.2) is 77.4 Å². The zero-order valence-corrected chi connectivity index (χ0v) is 23.1.